The van der Waals surface area contributed by atoms with E-state index >= 15 is 0 Å². The van der Waals surface area contributed by atoms with Gasteiger partial charge in [0.15, 0.2) is 5.82 Å². The lowest BCUT2D eigenvalue weighted by atomic mass is 10.0. The molecule has 1 aromatic carbocycles. The first-order chi connectivity index (χ1) is 17.8. The van der Waals surface area contributed by atoms with Crippen LogP contribution in [0, 0.1) is 12.8 Å². The van der Waals surface area contributed by atoms with Crippen molar-refractivity contribution in [3.63, 3.8) is 0 Å². The molecule has 192 valence electrons. The second kappa shape index (κ2) is 11.2. The highest BCUT2D eigenvalue weighted by molar-refractivity contribution is 5.95. The number of rotatable bonds is 10. The van der Waals surface area contributed by atoms with Crippen LogP contribution in [0.4, 0.5) is 5.69 Å². The lowest BCUT2D eigenvalue weighted by Gasteiger charge is -2.21. The number of carbonyl (C=O) groups excluding carboxylic acids is 1. The molecule has 4 N–H and O–H groups in total. The van der Waals surface area contributed by atoms with Crippen molar-refractivity contribution in [3.8, 4) is 22.6 Å². The average molecular weight is 499 g/mol. The van der Waals surface area contributed by atoms with Crippen LogP contribution in [0.5, 0.6) is 0 Å². The molecule has 0 saturated heterocycles. The van der Waals surface area contributed by atoms with E-state index in [1.807, 2.05) is 59.1 Å². The van der Waals surface area contributed by atoms with E-state index in [1.165, 1.54) is 0 Å². The third-order valence-corrected chi connectivity index (χ3v) is 6.16. The van der Waals surface area contributed by atoms with E-state index in [2.05, 4.69) is 48.3 Å². The fourth-order valence-corrected chi connectivity index (χ4v) is 4.05. The second-order valence-electron chi connectivity index (χ2n) is 9.31. The minimum absolute atomic E-state index is 0.0445. The number of benzene rings is 1. The molecule has 0 atom stereocenters. The van der Waals surface area contributed by atoms with Crippen LogP contribution >= 0.6 is 0 Å². The van der Waals surface area contributed by atoms with Gasteiger partial charge in [-0.25, -0.2) is 4.98 Å². The van der Waals surface area contributed by atoms with Crippen molar-refractivity contribution in [1.82, 2.24) is 35.4 Å². The Morgan fingerprint density at radius 2 is 2.03 bits per heavy atom. The molecule has 1 amide bonds. The highest BCUT2D eigenvalue weighted by atomic mass is 16.1. The third-order valence-electron chi connectivity index (χ3n) is 6.16. The summed E-state index contributed by atoms with van der Waals surface area (Å²) in [6.45, 7) is 11.3. The van der Waals surface area contributed by atoms with Gasteiger partial charge in [0.05, 0.1) is 23.1 Å². The zero-order valence-electron chi connectivity index (χ0n) is 22.0. The molecule has 4 aromatic rings. The summed E-state index contributed by atoms with van der Waals surface area (Å²) in [6.07, 6.45) is 7.19. The van der Waals surface area contributed by atoms with Crippen LogP contribution in [0.3, 0.4) is 0 Å². The summed E-state index contributed by atoms with van der Waals surface area (Å²) in [5, 5.41) is 14.7. The molecule has 9 nitrogen and oxygen atoms in total. The Balaban J connectivity index is 1.70. The van der Waals surface area contributed by atoms with Crippen molar-refractivity contribution < 1.29 is 4.79 Å². The smallest absolute Gasteiger partial charge is 0.226 e. The number of aryl methyl sites for hydroxylation is 1. The van der Waals surface area contributed by atoms with Crippen molar-refractivity contribution >= 4 is 28.2 Å². The molecule has 0 aliphatic heterocycles. The molecule has 9 heteroatoms. The quantitative estimate of drug-likeness (QED) is 0.238. The standard InChI is InChI=1S/C28H34N8O/c1-7-8-24(36(6)12-11-29-5)25-18(4)31-27(33-25)26-22-14-19(9-10-23(22)34-35-26)20-13-21(16-30-15-20)32-28(37)17(2)3/h7-10,13-17,29H,1,11-12H2,2-6H3,(H,31,33)(H,32,37)(H,34,35)/b24-8+. The maximum Gasteiger partial charge on any atom is 0.226 e. The zero-order chi connectivity index (χ0) is 26.5. The van der Waals surface area contributed by atoms with Gasteiger partial charge in [-0.1, -0.05) is 32.6 Å². The summed E-state index contributed by atoms with van der Waals surface area (Å²) in [6, 6.07) is 7.99. The molecule has 0 spiro atoms. The highest BCUT2D eigenvalue weighted by Gasteiger charge is 2.19. The number of likely N-dealkylation sites (N-methyl/N-ethyl adjacent to an activating group) is 2. The van der Waals surface area contributed by atoms with Gasteiger partial charge in [0.25, 0.3) is 0 Å². The molecule has 0 aliphatic carbocycles. The molecule has 3 aromatic heterocycles. The number of H-pyrrole nitrogens is 2. The number of aromatic nitrogens is 5. The van der Waals surface area contributed by atoms with Gasteiger partial charge in [-0.05, 0) is 43.8 Å². The predicted molar refractivity (Wildman–Crippen MR) is 150 cm³/mol. The van der Waals surface area contributed by atoms with Gasteiger partial charge >= 0.3 is 0 Å². The van der Waals surface area contributed by atoms with Crippen molar-refractivity contribution in [1.29, 1.82) is 0 Å². The molecular formula is C28H34N8O. The van der Waals surface area contributed by atoms with Gasteiger partial charge in [0.2, 0.25) is 5.91 Å². The lowest BCUT2D eigenvalue weighted by molar-refractivity contribution is -0.118. The molecule has 0 saturated carbocycles. The summed E-state index contributed by atoms with van der Waals surface area (Å²) in [4.78, 5) is 27.0. The van der Waals surface area contributed by atoms with Gasteiger partial charge in [-0.15, -0.1) is 0 Å². The summed E-state index contributed by atoms with van der Waals surface area (Å²) in [7, 11) is 3.98. The first-order valence-corrected chi connectivity index (χ1v) is 12.3. The first kappa shape index (κ1) is 25.8. The van der Waals surface area contributed by atoms with E-state index in [4.69, 9.17) is 4.98 Å². The van der Waals surface area contributed by atoms with E-state index in [1.54, 1.807) is 18.5 Å². The minimum Gasteiger partial charge on any atom is -0.372 e. The van der Waals surface area contributed by atoms with Gasteiger partial charge in [0, 0.05) is 48.9 Å². The largest absolute Gasteiger partial charge is 0.372 e. The summed E-state index contributed by atoms with van der Waals surface area (Å²) in [5.74, 6) is 0.529. The molecule has 4 rings (SSSR count). The first-order valence-electron chi connectivity index (χ1n) is 12.3. The van der Waals surface area contributed by atoms with Crippen molar-refractivity contribution in [2.45, 2.75) is 20.8 Å². The number of nitrogens with zero attached hydrogens (tertiary/aromatic N) is 4. The summed E-state index contributed by atoms with van der Waals surface area (Å²) in [5.41, 5.74) is 6.96. The number of aromatic amines is 2. The Bertz CT molecular complexity index is 1450. The fraction of sp³-hybridized carbons (Fsp3) is 0.286. The number of allylic oxidation sites excluding steroid dienone is 2. The Labute approximate surface area is 217 Å². The molecule has 0 aliphatic rings. The Morgan fingerprint density at radius 1 is 1.22 bits per heavy atom. The van der Waals surface area contributed by atoms with E-state index in [-0.39, 0.29) is 11.8 Å². The Kier molecular flexibility index (Phi) is 7.83. The van der Waals surface area contributed by atoms with Crippen LogP contribution in [-0.2, 0) is 4.79 Å². The normalized spacial score (nSPS) is 11.8. The molecule has 0 fully saturated rings. The van der Waals surface area contributed by atoms with Crippen LogP contribution in [-0.4, -0.2) is 63.1 Å². The number of nitrogens with one attached hydrogen (secondary N) is 4. The van der Waals surface area contributed by atoms with Gasteiger partial charge in [0.1, 0.15) is 11.4 Å². The number of hydrogen-bond acceptors (Lipinski definition) is 6. The van der Waals surface area contributed by atoms with Gasteiger partial charge in [-0.3, -0.25) is 14.9 Å². The molecule has 0 radical (unpaired) electrons. The van der Waals surface area contributed by atoms with Crippen molar-refractivity contribution in [2.24, 2.45) is 5.92 Å². The maximum absolute atomic E-state index is 12.1. The maximum atomic E-state index is 12.1. The van der Waals surface area contributed by atoms with Crippen LogP contribution in [0.15, 0.2) is 55.4 Å². The van der Waals surface area contributed by atoms with Crippen LogP contribution < -0.4 is 10.6 Å². The predicted octanol–water partition coefficient (Wildman–Crippen LogP) is 4.60. The lowest BCUT2D eigenvalue weighted by Crippen LogP contribution is -2.26. The fourth-order valence-electron chi connectivity index (χ4n) is 4.05. The number of pyridine rings is 1. The molecule has 3 heterocycles. The van der Waals surface area contributed by atoms with Crippen molar-refractivity contribution in [3.05, 3.63) is 66.8 Å². The summed E-state index contributed by atoms with van der Waals surface area (Å²) >= 11 is 0. The number of imidazole rings is 1. The van der Waals surface area contributed by atoms with Crippen LogP contribution in [0.1, 0.15) is 25.2 Å². The third kappa shape index (κ3) is 5.62. The summed E-state index contributed by atoms with van der Waals surface area (Å²) < 4.78 is 0. The van der Waals surface area contributed by atoms with E-state index in [0.717, 1.165) is 57.9 Å². The number of carbonyl (C=O) groups is 1. The van der Waals surface area contributed by atoms with E-state index < -0.39 is 0 Å². The Hall–Kier alpha value is -4.24. The molecule has 37 heavy (non-hydrogen) atoms. The monoisotopic (exact) mass is 498 g/mol. The second-order valence-corrected chi connectivity index (χ2v) is 9.31. The highest BCUT2D eigenvalue weighted by Crippen LogP contribution is 2.31. The topological polar surface area (TPSA) is 115 Å². The number of fused-ring (bicyclic) bond motifs is 1. The molecule has 0 bridgehead atoms. The van der Waals surface area contributed by atoms with Crippen LogP contribution in [0.25, 0.3) is 39.2 Å². The molecule has 0 unspecified atom stereocenters. The SMILES string of the molecule is C=C/C=C(\c1nc(-c2n[nH]c3ccc(-c4cncc(NC(=O)C(C)C)c4)cc23)[nH]c1C)N(C)CCNC. The number of hydrogen-bond donors (Lipinski definition) is 4. The van der Waals surface area contributed by atoms with E-state index in [0.29, 0.717) is 11.5 Å². The number of anilines is 1. The average Bonchev–Trinajstić information content (AvgIpc) is 3.48. The Morgan fingerprint density at radius 3 is 2.76 bits per heavy atom. The van der Waals surface area contributed by atoms with Crippen molar-refractivity contribution in [2.75, 3.05) is 32.5 Å². The number of amides is 1. The minimum atomic E-state index is -0.111. The van der Waals surface area contributed by atoms with Gasteiger partial charge < -0.3 is 20.5 Å². The van der Waals surface area contributed by atoms with E-state index in [9.17, 15) is 4.79 Å². The molecular weight excluding hydrogens is 464 g/mol. The van der Waals surface area contributed by atoms with Crippen LogP contribution in [0.2, 0.25) is 0 Å². The van der Waals surface area contributed by atoms with Gasteiger partial charge in [-0.2, -0.15) is 5.10 Å². The zero-order valence-corrected chi connectivity index (χ0v) is 22.0.